The summed E-state index contributed by atoms with van der Waals surface area (Å²) < 4.78 is 5.26. The van der Waals surface area contributed by atoms with Crippen molar-refractivity contribution >= 4 is 0 Å². The van der Waals surface area contributed by atoms with Gasteiger partial charge in [0.25, 0.3) is 0 Å². The highest BCUT2D eigenvalue weighted by atomic mass is 16.5. The second-order valence-electron chi connectivity index (χ2n) is 4.47. The molecule has 0 unspecified atom stereocenters. The van der Waals surface area contributed by atoms with Gasteiger partial charge in [-0.3, -0.25) is 0 Å². The third-order valence-corrected chi connectivity index (χ3v) is 2.13. The standard InChI is InChI=1S/C12H19NO/c1-9-5-6-10(7-11(9)14-4)8-12(2,3)13/h5-7H,8,13H2,1-4H3. The molecule has 0 bridgehead atoms. The smallest absolute Gasteiger partial charge is 0.122 e. The summed E-state index contributed by atoms with van der Waals surface area (Å²) in [5.41, 5.74) is 8.17. The van der Waals surface area contributed by atoms with Crippen LogP contribution in [0.3, 0.4) is 0 Å². The van der Waals surface area contributed by atoms with Gasteiger partial charge in [-0.15, -0.1) is 0 Å². The van der Waals surface area contributed by atoms with Crippen LogP contribution >= 0.6 is 0 Å². The van der Waals surface area contributed by atoms with Gasteiger partial charge in [0, 0.05) is 5.54 Å². The van der Waals surface area contributed by atoms with E-state index in [9.17, 15) is 0 Å². The van der Waals surface area contributed by atoms with E-state index in [2.05, 4.69) is 18.2 Å². The second kappa shape index (κ2) is 4.01. The van der Waals surface area contributed by atoms with Crippen LogP contribution < -0.4 is 10.5 Å². The molecule has 2 nitrogen and oxygen atoms in total. The van der Waals surface area contributed by atoms with Crippen molar-refractivity contribution in [2.45, 2.75) is 32.7 Å². The Balaban J connectivity index is 2.90. The van der Waals surface area contributed by atoms with E-state index in [1.54, 1.807) is 7.11 Å². The first-order valence-corrected chi connectivity index (χ1v) is 4.85. The SMILES string of the molecule is COc1cc(CC(C)(C)N)ccc1C. The van der Waals surface area contributed by atoms with E-state index in [1.807, 2.05) is 20.8 Å². The first-order chi connectivity index (χ1) is 6.42. The van der Waals surface area contributed by atoms with E-state index in [0.29, 0.717) is 0 Å². The molecule has 0 atom stereocenters. The van der Waals surface area contributed by atoms with E-state index in [4.69, 9.17) is 10.5 Å². The number of ether oxygens (including phenoxy) is 1. The molecule has 1 aromatic rings. The Bertz CT molecular complexity index is 313. The monoisotopic (exact) mass is 193 g/mol. The van der Waals surface area contributed by atoms with Crippen LogP contribution in [0.5, 0.6) is 5.75 Å². The third kappa shape index (κ3) is 3.04. The zero-order valence-electron chi connectivity index (χ0n) is 9.42. The Morgan fingerprint density at radius 1 is 1.36 bits per heavy atom. The zero-order valence-corrected chi connectivity index (χ0v) is 9.42. The molecule has 0 aliphatic carbocycles. The summed E-state index contributed by atoms with van der Waals surface area (Å²) in [7, 11) is 1.69. The topological polar surface area (TPSA) is 35.2 Å². The highest BCUT2D eigenvalue weighted by molar-refractivity contribution is 5.37. The fourth-order valence-corrected chi connectivity index (χ4v) is 1.50. The maximum Gasteiger partial charge on any atom is 0.122 e. The molecule has 0 aliphatic rings. The molecule has 0 saturated heterocycles. The average molecular weight is 193 g/mol. The van der Waals surface area contributed by atoms with Crippen molar-refractivity contribution in [1.29, 1.82) is 0 Å². The Morgan fingerprint density at radius 2 is 2.00 bits per heavy atom. The van der Waals surface area contributed by atoms with E-state index in [1.165, 1.54) is 5.56 Å². The van der Waals surface area contributed by atoms with Crippen molar-refractivity contribution in [1.82, 2.24) is 0 Å². The number of benzene rings is 1. The molecule has 0 aliphatic heterocycles. The maximum absolute atomic E-state index is 5.96. The van der Waals surface area contributed by atoms with Gasteiger partial charge in [0.2, 0.25) is 0 Å². The Labute approximate surface area is 86.1 Å². The van der Waals surface area contributed by atoms with Crippen molar-refractivity contribution in [3.63, 3.8) is 0 Å². The molecule has 0 amide bonds. The van der Waals surface area contributed by atoms with Crippen LogP contribution in [-0.2, 0) is 6.42 Å². The van der Waals surface area contributed by atoms with E-state index in [-0.39, 0.29) is 5.54 Å². The van der Waals surface area contributed by atoms with Gasteiger partial charge in [0.05, 0.1) is 7.11 Å². The molecular formula is C12H19NO. The fraction of sp³-hybridized carbons (Fsp3) is 0.500. The molecule has 1 aromatic carbocycles. The summed E-state index contributed by atoms with van der Waals surface area (Å²) in [6.07, 6.45) is 0.865. The van der Waals surface area contributed by atoms with Gasteiger partial charge in [0.1, 0.15) is 5.75 Å². The van der Waals surface area contributed by atoms with Gasteiger partial charge >= 0.3 is 0 Å². The molecule has 1 rings (SSSR count). The van der Waals surface area contributed by atoms with Crippen LogP contribution in [0.25, 0.3) is 0 Å². The number of nitrogens with two attached hydrogens (primary N) is 1. The predicted molar refractivity (Wildman–Crippen MR) is 59.7 cm³/mol. The molecule has 0 fully saturated rings. The lowest BCUT2D eigenvalue weighted by molar-refractivity contribution is 0.410. The number of methoxy groups -OCH3 is 1. The molecule has 0 aromatic heterocycles. The van der Waals surface area contributed by atoms with Crippen LogP contribution in [0.1, 0.15) is 25.0 Å². The molecule has 78 valence electrons. The molecule has 14 heavy (non-hydrogen) atoms. The van der Waals surface area contributed by atoms with Crippen LogP contribution in [0.4, 0.5) is 0 Å². The molecular weight excluding hydrogens is 174 g/mol. The summed E-state index contributed by atoms with van der Waals surface area (Å²) in [6, 6.07) is 6.23. The van der Waals surface area contributed by atoms with Gasteiger partial charge in [0.15, 0.2) is 0 Å². The lowest BCUT2D eigenvalue weighted by Gasteiger charge is -2.19. The van der Waals surface area contributed by atoms with Crippen LogP contribution in [0, 0.1) is 6.92 Å². The van der Waals surface area contributed by atoms with Crippen molar-refractivity contribution in [3.8, 4) is 5.75 Å². The number of rotatable bonds is 3. The molecule has 0 radical (unpaired) electrons. The number of hydrogen-bond acceptors (Lipinski definition) is 2. The summed E-state index contributed by atoms with van der Waals surface area (Å²) in [4.78, 5) is 0. The second-order valence-corrected chi connectivity index (χ2v) is 4.47. The minimum absolute atomic E-state index is 0.166. The quantitative estimate of drug-likeness (QED) is 0.799. The van der Waals surface area contributed by atoms with E-state index < -0.39 is 0 Å². The van der Waals surface area contributed by atoms with Crippen molar-refractivity contribution < 1.29 is 4.74 Å². The summed E-state index contributed by atoms with van der Waals surface area (Å²) in [5.74, 6) is 0.937. The van der Waals surface area contributed by atoms with Gasteiger partial charge in [-0.2, -0.15) is 0 Å². The highest BCUT2D eigenvalue weighted by Gasteiger charge is 2.12. The maximum atomic E-state index is 5.96. The van der Waals surface area contributed by atoms with Gasteiger partial charge < -0.3 is 10.5 Å². The summed E-state index contributed by atoms with van der Waals surface area (Å²) >= 11 is 0. The average Bonchev–Trinajstić information content (AvgIpc) is 2.06. The third-order valence-electron chi connectivity index (χ3n) is 2.13. The van der Waals surface area contributed by atoms with Gasteiger partial charge in [-0.05, 0) is 44.4 Å². The minimum Gasteiger partial charge on any atom is -0.496 e. The lowest BCUT2D eigenvalue weighted by Crippen LogP contribution is -2.34. The number of aryl methyl sites for hydroxylation is 1. The predicted octanol–water partition coefficient (Wildman–Crippen LogP) is 2.28. The lowest BCUT2D eigenvalue weighted by atomic mass is 9.95. The molecule has 2 heteroatoms. The first-order valence-electron chi connectivity index (χ1n) is 4.85. The molecule has 2 N–H and O–H groups in total. The molecule has 0 heterocycles. The normalized spacial score (nSPS) is 11.5. The molecule has 0 spiro atoms. The Hall–Kier alpha value is -1.02. The van der Waals surface area contributed by atoms with Gasteiger partial charge in [-0.1, -0.05) is 12.1 Å². The zero-order chi connectivity index (χ0) is 10.8. The Morgan fingerprint density at radius 3 is 2.50 bits per heavy atom. The Kier molecular flexibility index (Phi) is 3.17. The summed E-state index contributed by atoms with van der Waals surface area (Å²) in [6.45, 7) is 6.09. The van der Waals surface area contributed by atoms with Crippen molar-refractivity contribution in [2.75, 3.05) is 7.11 Å². The van der Waals surface area contributed by atoms with Crippen molar-refractivity contribution in [3.05, 3.63) is 29.3 Å². The van der Waals surface area contributed by atoms with E-state index >= 15 is 0 Å². The first kappa shape index (κ1) is 11.1. The van der Waals surface area contributed by atoms with E-state index in [0.717, 1.165) is 17.7 Å². The highest BCUT2D eigenvalue weighted by Crippen LogP contribution is 2.21. The van der Waals surface area contributed by atoms with Crippen LogP contribution in [0.15, 0.2) is 18.2 Å². The van der Waals surface area contributed by atoms with Crippen molar-refractivity contribution in [2.24, 2.45) is 5.73 Å². The fourth-order valence-electron chi connectivity index (χ4n) is 1.50. The largest absolute Gasteiger partial charge is 0.496 e. The molecule has 0 saturated carbocycles. The number of hydrogen-bond donors (Lipinski definition) is 1. The van der Waals surface area contributed by atoms with Crippen LogP contribution in [0.2, 0.25) is 0 Å². The summed E-state index contributed by atoms with van der Waals surface area (Å²) in [5, 5.41) is 0. The van der Waals surface area contributed by atoms with Gasteiger partial charge in [-0.25, -0.2) is 0 Å². The minimum atomic E-state index is -0.166. The van der Waals surface area contributed by atoms with Crippen LogP contribution in [-0.4, -0.2) is 12.6 Å².